The largest absolute Gasteiger partial charge is 0.573 e. The normalized spacial score (nSPS) is 12.9. The maximum Gasteiger partial charge on any atom is 0.573 e. The van der Waals surface area contributed by atoms with Crippen LogP contribution in [0.2, 0.25) is 0 Å². The molecule has 1 heterocycles. The number of aliphatic hydroxyl groups excluding tert-OH is 1. The van der Waals surface area contributed by atoms with Crippen LogP contribution in [0.25, 0.3) is 11.1 Å². The van der Waals surface area contributed by atoms with Gasteiger partial charge in [0.1, 0.15) is 17.3 Å². The lowest BCUT2D eigenvalue weighted by molar-refractivity contribution is -0.274. The van der Waals surface area contributed by atoms with Gasteiger partial charge < -0.3 is 19.9 Å². The molecule has 0 radical (unpaired) electrons. The van der Waals surface area contributed by atoms with Crippen LogP contribution in [-0.4, -0.2) is 24.0 Å². The lowest BCUT2D eigenvalue weighted by atomic mass is 9.92. The summed E-state index contributed by atoms with van der Waals surface area (Å²) in [6.45, 7) is 3.41. The van der Waals surface area contributed by atoms with E-state index in [1.807, 2.05) is 0 Å². The average molecular weight is 411 g/mol. The number of amides is 1. The minimum atomic E-state index is -4.93. The van der Waals surface area contributed by atoms with E-state index < -0.39 is 23.8 Å². The van der Waals surface area contributed by atoms with Crippen molar-refractivity contribution in [2.75, 3.05) is 6.61 Å². The number of ether oxygens (including phenoxy) is 2. The Labute approximate surface area is 163 Å². The standard InChI is InChI=1S/C20H17F4NO4/c1-2-18(27)25-9-11-7-15(19-14(5-6-28-19)16(11)10-26)13-4-3-12(8-17(13)21)29-20(22,23)24/h2-4,7-8,26H,1,5-6,9-10H2,(H,25,27). The molecule has 0 fully saturated rings. The molecule has 0 unspecified atom stereocenters. The topological polar surface area (TPSA) is 67.8 Å². The zero-order valence-electron chi connectivity index (χ0n) is 15.1. The van der Waals surface area contributed by atoms with Crippen molar-refractivity contribution in [1.29, 1.82) is 0 Å². The molecule has 0 saturated carbocycles. The van der Waals surface area contributed by atoms with Crippen LogP contribution >= 0.6 is 0 Å². The van der Waals surface area contributed by atoms with Crippen LogP contribution in [0.15, 0.2) is 36.9 Å². The van der Waals surface area contributed by atoms with E-state index >= 15 is 0 Å². The van der Waals surface area contributed by atoms with Crippen LogP contribution in [-0.2, 0) is 24.4 Å². The van der Waals surface area contributed by atoms with Gasteiger partial charge in [-0.3, -0.25) is 4.79 Å². The van der Waals surface area contributed by atoms with Crippen molar-refractivity contribution >= 4 is 5.91 Å². The highest BCUT2D eigenvalue weighted by atomic mass is 19.4. The number of halogens is 4. The second kappa shape index (κ2) is 8.12. The maximum atomic E-state index is 14.6. The SMILES string of the molecule is C=CC(=O)NCc1cc(-c2ccc(OC(F)(F)F)cc2F)c2c(c1CO)CCO2. The number of carbonyl (C=O) groups is 1. The van der Waals surface area contributed by atoms with Crippen molar-refractivity contribution in [3.8, 4) is 22.6 Å². The van der Waals surface area contributed by atoms with Gasteiger partial charge in [-0.1, -0.05) is 6.58 Å². The zero-order valence-corrected chi connectivity index (χ0v) is 15.1. The predicted molar refractivity (Wildman–Crippen MR) is 95.7 cm³/mol. The molecule has 0 saturated heterocycles. The maximum absolute atomic E-state index is 14.6. The Balaban J connectivity index is 2.06. The number of rotatable bonds is 6. The van der Waals surface area contributed by atoms with Crippen LogP contribution < -0.4 is 14.8 Å². The molecule has 2 N–H and O–H groups in total. The average Bonchev–Trinajstić information content (AvgIpc) is 3.13. The Bertz CT molecular complexity index is 956. The van der Waals surface area contributed by atoms with Crippen molar-refractivity contribution in [2.45, 2.75) is 25.9 Å². The molecule has 5 nitrogen and oxygen atoms in total. The third-order valence-electron chi connectivity index (χ3n) is 4.45. The molecule has 0 atom stereocenters. The molecule has 154 valence electrons. The van der Waals surface area contributed by atoms with Gasteiger partial charge in [0, 0.05) is 35.7 Å². The highest BCUT2D eigenvalue weighted by molar-refractivity contribution is 5.87. The van der Waals surface area contributed by atoms with Crippen LogP contribution in [0.1, 0.15) is 16.7 Å². The highest BCUT2D eigenvalue weighted by Crippen LogP contribution is 2.42. The molecule has 0 aromatic heterocycles. The molecule has 1 aliphatic rings. The summed E-state index contributed by atoms with van der Waals surface area (Å²) in [5.74, 6) is -1.67. The van der Waals surface area contributed by atoms with E-state index in [2.05, 4.69) is 16.6 Å². The molecule has 0 bridgehead atoms. The van der Waals surface area contributed by atoms with Crippen molar-refractivity contribution in [1.82, 2.24) is 5.32 Å². The van der Waals surface area contributed by atoms with Crippen molar-refractivity contribution < 1.29 is 36.9 Å². The molecule has 3 rings (SSSR count). The van der Waals surface area contributed by atoms with E-state index in [1.54, 1.807) is 6.07 Å². The Hall–Kier alpha value is -3.07. The monoisotopic (exact) mass is 411 g/mol. The molecule has 0 aliphatic carbocycles. The highest BCUT2D eigenvalue weighted by Gasteiger charge is 2.32. The fourth-order valence-electron chi connectivity index (χ4n) is 3.23. The van der Waals surface area contributed by atoms with E-state index in [1.165, 1.54) is 6.07 Å². The van der Waals surface area contributed by atoms with Crippen LogP contribution in [0.5, 0.6) is 11.5 Å². The number of hydrogen-bond acceptors (Lipinski definition) is 4. The van der Waals surface area contributed by atoms with Crippen LogP contribution in [0, 0.1) is 5.82 Å². The van der Waals surface area contributed by atoms with E-state index in [4.69, 9.17) is 4.74 Å². The summed E-state index contributed by atoms with van der Waals surface area (Å²) >= 11 is 0. The lowest BCUT2D eigenvalue weighted by Gasteiger charge is -2.17. The van der Waals surface area contributed by atoms with Crippen LogP contribution in [0.3, 0.4) is 0 Å². The number of aliphatic hydroxyl groups is 1. The smallest absolute Gasteiger partial charge is 0.492 e. The van der Waals surface area contributed by atoms with Gasteiger partial charge in [-0.25, -0.2) is 4.39 Å². The minimum absolute atomic E-state index is 0.0125. The van der Waals surface area contributed by atoms with E-state index in [9.17, 15) is 27.5 Å². The molecule has 2 aromatic carbocycles. The Kier molecular flexibility index (Phi) is 5.78. The molecule has 1 aliphatic heterocycles. The second-order valence-electron chi connectivity index (χ2n) is 6.24. The quantitative estimate of drug-likeness (QED) is 0.563. The molecule has 0 spiro atoms. The summed E-state index contributed by atoms with van der Waals surface area (Å²) in [4.78, 5) is 11.5. The summed E-state index contributed by atoms with van der Waals surface area (Å²) in [5, 5.41) is 12.4. The zero-order chi connectivity index (χ0) is 21.2. The van der Waals surface area contributed by atoms with Gasteiger partial charge in [-0.05, 0) is 35.4 Å². The Morgan fingerprint density at radius 2 is 2.07 bits per heavy atom. The van der Waals surface area contributed by atoms with Crippen molar-refractivity contribution in [2.24, 2.45) is 0 Å². The van der Waals surface area contributed by atoms with Gasteiger partial charge in [-0.2, -0.15) is 0 Å². The number of nitrogens with one attached hydrogen (secondary N) is 1. The number of alkyl halides is 3. The third-order valence-corrected chi connectivity index (χ3v) is 4.45. The Morgan fingerprint density at radius 3 is 2.69 bits per heavy atom. The summed E-state index contributed by atoms with van der Waals surface area (Å²) in [6, 6.07) is 4.36. The second-order valence-corrected chi connectivity index (χ2v) is 6.24. The lowest BCUT2D eigenvalue weighted by Crippen LogP contribution is -2.21. The minimum Gasteiger partial charge on any atom is -0.492 e. The summed E-state index contributed by atoms with van der Waals surface area (Å²) in [7, 11) is 0. The number of carbonyl (C=O) groups excluding carboxylic acids is 1. The van der Waals surface area contributed by atoms with Gasteiger partial charge in [-0.15, -0.1) is 13.2 Å². The number of benzene rings is 2. The summed E-state index contributed by atoms with van der Waals surface area (Å²) < 4.78 is 61.1. The van der Waals surface area contributed by atoms with E-state index in [-0.39, 0.29) is 18.7 Å². The van der Waals surface area contributed by atoms with Crippen molar-refractivity contribution in [3.63, 3.8) is 0 Å². The predicted octanol–water partition coefficient (Wildman–Crippen LogP) is 3.62. The molecule has 1 amide bonds. The van der Waals surface area contributed by atoms with Crippen LogP contribution in [0.4, 0.5) is 17.6 Å². The number of fused-ring (bicyclic) bond motifs is 1. The first-order valence-corrected chi connectivity index (χ1v) is 8.60. The van der Waals surface area contributed by atoms with Gasteiger partial charge in [0.25, 0.3) is 0 Å². The fourth-order valence-corrected chi connectivity index (χ4v) is 3.23. The molecular formula is C20H17F4NO4. The fraction of sp³-hybridized carbons (Fsp3) is 0.250. The first kappa shape index (κ1) is 20.7. The number of hydrogen-bond donors (Lipinski definition) is 2. The molecule has 29 heavy (non-hydrogen) atoms. The first-order valence-electron chi connectivity index (χ1n) is 8.60. The third kappa shape index (κ3) is 4.51. The molecule has 2 aromatic rings. The van der Waals surface area contributed by atoms with Gasteiger partial charge in [0.2, 0.25) is 5.91 Å². The van der Waals surface area contributed by atoms with E-state index in [0.717, 1.165) is 12.1 Å². The Morgan fingerprint density at radius 1 is 1.31 bits per heavy atom. The van der Waals surface area contributed by atoms with Gasteiger partial charge in [0.15, 0.2) is 0 Å². The van der Waals surface area contributed by atoms with Gasteiger partial charge >= 0.3 is 6.36 Å². The van der Waals surface area contributed by atoms with Gasteiger partial charge in [0.05, 0.1) is 13.2 Å². The molecule has 9 heteroatoms. The summed E-state index contributed by atoms with van der Waals surface area (Å²) in [6.07, 6.45) is -3.37. The van der Waals surface area contributed by atoms with E-state index in [0.29, 0.717) is 47.1 Å². The first-order chi connectivity index (χ1) is 13.7. The van der Waals surface area contributed by atoms with Crippen molar-refractivity contribution in [3.05, 3.63) is 59.4 Å². The summed E-state index contributed by atoms with van der Waals surface area (Å²) in [5.41, 5.74) is 2.09. The molecular weight excluding hydrogens is 394 g/mol.